The summed E-state index contributed by atoms with van der Waals surface area (Å²) in [4.78, 5) is -0.361. The predicted molar refractivity (Wildman–Crippen MR) is 68.8 cm³/mol. The van der Waals surface area contributed by atoms with Crippen molar-refractivity contribution in [2.45, 2.75) is 11.8 Å². The van der Waals surface area contributed by atoms with Gasteiger partial charge in [0.1, 0.15) is 4.90 Å². The van der Waals surface area contributed by atoms with Gasteiger partial charge in [0.15, 0.2) is 0 Å². The lowest BCUT2D eigenvalue weighted by Crippen LogP contribution is -2.40. The molecule has 0 aliphatic carbocycles. The maximum atomic E-state index is 11.8. The van der Waals surface area contributed by atoms with Crippen LogP contribution in [0.5, 0.6) is 0 Å². The largest absolute Gasteiger partial charge is 0.399 e. The third kappa shape index (κ3) is 3.82. The molecule has 0 bridgehead atoms. The van der Waals surface area contributed by atoms with Gasteiger partial charge in [-0.15, -0.1) is 0 Å². The average molecular weight is 314 g/mol. The van der Waals surface area contributed by atoms with E-state index >= 15 is 0 Å². The van der Waals surface area contributed by atoms with Crippen LogP contribution in [0, 0.1) is 0 Å². The maximum absolute atomic E-state index is 11.8. The molecule has 0 saturated heterocycles. The van der Waals surface area contributed by atoms with Gasteiger partial charge in [0.2, 0.25) is 0 Å². The summed E-state index contributed by atoms with van der Waals surface area (Å²) in [6.45, 7) is 1.57. The highest BCUT2D eigenvalue weighted by molar-refractivity contribution is 8.03. The molecule has 0 radical (unpaired) electrons. The number of halogens is 1. The van der Waals surface area contributed by atoms with Gasteiger partial charge in [-0.05, 0) is 18.2 Å². The van der Waals surface area contributed by atoms with Gasteiger partial charge in [0.05, 0.1) is 5.02 Å². The van der Waals surface area contributed by atoms with E-state index in [1.165, 1.54) is 23.2 Å². The van der Waals surface area contributed by atoms with Crippen LogP contribution in [0.4, 0.5) is 5.69 Å². The molecule has 1 aromatic carbocycles. The highest BCUT2D eigenvalue weighted by Crippen LogP contribution is 2.23. The number of sulfonamides is 1. The first-order valence-corrected chi connectivity index (χ1v) is 8.10. The number of anilines is 1. The van der Waals surface area contributed by atoms with Gasteiger partial charge in [-0.2, -0.15) is 8.42 Å². The van der Waals surface area contributed by atoms with E-state index in [-0.39, 0.29) is 22.2 Å². The summed E-state index contributed by atoms with van der Waals surface area (Å²) in [5, 5.41) is -0.158. The molecule has 0 atom stereocenters. The van der Waals surface area contributed by atoms with Gasteiger partial charge in [0.25, 0.3) is 20.2 Å². The Hall–Kier alpha value is -0.870. The SMILES string of the molecule is CCNS(=O)(=O)NS(=O)(=O)c1ccc(N)cc1Cl. The minimum Gasteiger partial charge on any atom is -0.399 e. The van der Waals surface area contributed by atoms with Crippen molar-refractivity contribution >= 4 is 37.5 Å². The van der Waals surface area contributed by atoms with E-state index in [9.17, 15) is 16.8 Å². The minimum absolute atomic E-state index is 0.0559. The Morgan fingerprint density at radius 1 is 1.28 bits per heavy atom. The number of hydrogen-bond donors (Lipinski definition) is 3. The molecule has 0 saturated carbocycles. The molecule has 0 aromatic heterocycles. The van der Waals surface area contributed by atoms with E-state index in [1.54, 1.807) is 0 Å². The van der Waals surface area contributed by atoms with Crippen molar-refractivity contribution in [1.29, 1.82) is 0 Å². The van der Waals surface area contributed by atoms with Gasteiger partial charge >= 0.3 is 0 Å². The van der Waals surface area contributed by atoms with Gasteiger partial charge in [-0.25, -0.2) is 13.1 Å². The molecule has 7 nitrogen and oxygen atoms in total. The molecule has 4 N–H and O–H groups in total. The molecule has 18 heavy (non-hydrogen) atoms. The van der Waals surface area contributed by atoms with Crippen molar-refractivity contribution in [3.63, 3.8) is 0 Å². The molecule has 0 unspecified atom stereocenters. The molecule has 0 heterocycles. The Balaban J connectivity index is 3.15. The average Bonchev–Trinajstić information content (AvgIpc) is 2.14. The van der Waals surface area contributed by atoms with Crippen molar-refractivity contribution in [3.8, 4) is 0 Å². The molecule has 0 amide bonds. The fraction of sp³-hybridized carbons (Fsp3) is 0.250. The van der Waals surface area contributed by atoms with Gasteiger partial charge in [-0.3, -0.25) is 0 Å². The van der Waals surface area contributed by atoms with Crippen LogP contribution >= 0.6 is 11.6 Å². The topological polar surface area (TPSA) is 118 Å². The van der Waals surface area contributed by atoms with Crippen LogP contribution in [-0.2, 0) is 20.2 Å². The Bertz CT molecular complexity index is 642. The van der Waals surface area contributed by atoms with Crippen LogP contribution in [0.3, 0.4) is 0 Å². The first kappa shape index (κ1) is 15.2. The zero-order chi connectivity index (χ0) is 14.0. The van der Waals surface area contributed by atoms with E-state index in [2.05, 4.69) is 0 Å². The molecule has 0 spiro atoms. The standard InChI is InChI=1S/C8H12ClN3O4S2/c1-2-11-18(15,16)12-17(13,14)8-4-3-6(10)5-7(8)9/h3-5,11-12H,2,10H2,1H3. The highest BCUT2D eigenvalue weighted by atomic mass is 35.5. The maximum Gasteiger partial charge on any atom is 0.290 e. The first-order chi connectivity index (χ1) is 8.18. The monoisotopic (exact) mass is 313 g/mol. The van der Waals surface area contributed by atoms with Gasteiger partial charge < -0.3 is 5.73 Å². The Morgan fingerprint density at radius 2 is 1.89 bits per heavy atom. The Labute approximate surface area is 111 Å². The van der Waals surface area contributed by atoms with Crippen molar-refractivity contribution in [2.75, 3.05) is 12.3 Å². The summed E-state index contributed by atoms with van der Waals surface area (Å²) in [7, 11) is -8.42. The molecule has 102 valence electrons. The number of nitrogens with two attached hydrogens (primary N) is 1. The lowest BCUT2D eigenvalue weighted by atomic mass is 10.3. The summed E-state index contributed by atoms with van der Waals surface area (Å²) in [6.07, 6.45) is 0. The lowest BCUT2D eigenvalue weighted by molar-refractivity contribution is 0.569. The molecule has 1 rings (SSSR count). The molecular weight excluding hydrogens is 302 g/mol. The molecule has 0 aliphatic heterocycles. The molecule has 10 heteroatoms. The van der Waals surface area contributed by atoms with Crippen LogP contribution in [0.2, 0.25) is 5.02 Å². The number of hydrogen-bond acceptors (Lipinski definition) is 5. The van der Waals surface area contributed by atoms with Crippen molar-refractivity contribution in [1.82, 2.24) is 8.85 Å². The fourth-order valence-electron chi connectivity index (χ4n) is 1.14. The predicted octanol–water partition coefficient (Wildman–Crippen LogP) is 0.0548. The minimum atomic E-state index is -4.28. The second kappa shape index (κ2) is 5.41. The molecular formula is C8H12ClN3O4S2. The van der Waals surface area contributed by atoms with E-state index in [4.69, 9.17) is 17.3 Å². The van der Waals surface area contributed by atoms with Crippen LogP contribution in [0.25, 0.3) is 0 Å². The zero-order valence-corrected chi connectivity index (χ0v) is 11.7. The number of benzene rings is 1. The quantitative estimate of drug-likeness (QED) is 0.664. The Kier molecular flexibility index (Phi) is 4.56. The fourth-order valence-corrected chi connectivity index (χ4v) is 4.33. The van der Waals surface area contributed by atoms with E-state index in [1.807, 2.05) is 4.72 Å². The van der Waals surface area contributed by atoms with Crippen LogP contribution < -0.4 is 14.6 Å². The molecule has 0 fully saturated rings. The van der Waals surface area contributed by atoms with Gasteiger partial charge in [-0.1, -0.05) is 22.7 Å². The van der Waals surface area contributed by atoms with Gasteiger partial charge in [0, 0.05) is 12.2 Å². The summed E-state index contributed by atoms with van der Waals surface area (Å²) < 4.78 is 49.8. The number of nitrogens with one attached hydrogen (secondary N) is 2. The zero-order valence-electron chi connectivity index (χ0n) is 9.34. The van der Waals surface area contributed by atoms with Crippen LogP contribution in [0.15, 0.2) is 23.1 Å². The third-order valence-electron chi connectivity index (χ3n) is 1.80. The van der Waals surface area contributed by atoms with E-state index < -0.39 is 20.2 Å². The Morgan fingerprint density at radius 3 is 2.39 bits per heavy atom. The first-order valence-electron chi connectivity index (χ1n) is 4.76. The smallest absolute Gasteiger partial charge is 0.290 e. The van der Waals surface area contributed by atoms with Crippen LogP contribution in [-0.4, -0.2) is 23.4 Å². The highest BCUT2D eigenvalue weighted by Gasteiger charge is 2.24. The molecule has 0 aliphatic rings. The number of nitrogen functional groups attached to an aromatic ring is 1. The summed E-state index contributed by atoms with van der Waals surface area (Å²) >= 11 is 5.71. The van der Waals surface area contributed by atoms with Crippen molar-refractivity contribution < 1.29 is 16.8 Å². The molecule has 1 aromatic rings. The second-order valence-electron chi connectivity index (χ2n) is 3.28. The summed E-state index contributed by atoms with van der Waals surface area (Å²) in [6, 6.07) is 3.65. The number of rotatable bonds is 5. The van der Waals surface area contributed by atoms with E-state index in [0.29, 0.717) is 0 Å². The normalized spacial score (nSPS) is 12.6. The second-order valence-corrected chi connectivity index (χ2v) is 7.09. The summed E-state index contributed by atoms with van der Waals surface area (Å²) in [5.74, 6) is 0. The van der Waals surface area contributed by atoms with Crippen molar-refractivity contribution in [2.24, 2.45) is 0 Å². The lowest BCUT2D eigenvalue weighted by Gasteiger charge is -2.09. The van der Waals surface area contributed by atoms with E-state index in [0.717, 1.165) is 6.07 Å². The van der Waals surface area contributed by atoms with Crippen LogP contribution in [0.1, 0.15) is 6.92 Å². The van der Waals surface area contributed by atoms with Crippen molar-refractivity contribution in [3.05, 3.63) is 23.2 Å². The summed E-state index contributed by atoms with van der Waals surface area (Å²) in [5.41, 5.74) is 5.69. The third-order valence-corrected chi connectivity index (χ3v) is 5.58.